The smallest absolute Gasteiger partial charge is 0.435 e. The predicted octanol–water partition coefficient (Wildman–Crippen LogP) is 3.97. The number of aromatic nitrogens is 4. The van der Waals surface area contributed by atoms with Gasteiger partial charge in [0.1, 0.15) is 0 Å². The number of methoxy groups -OCH3 is 1. The molecule has 0 saturated carbocycles. The van der Waals surface area contributed by atoms with Crippen LogP contribution in [0.1, 0.15) is 36.8 Å². The summed E-state index contributed by atoms with van der Waals surface area (Å²) >= 11 is 0. The van der Waals surface area contributed by atoms with E-state index in [2.05, 4.69) is 30.9 Å². The number of alkyl halides is 3. The number of aryl methyl sites for hydroxylation is 1. The molecule has 3 rings (SSSR count). The van der Waals surface area contributed by atoms with Crippen LogP contribution in [0.3, 0.4) is 0 Å². The van der Waals surface area contributed by atoms with Gasteiger partial charge in [-0.15, -0.1) is 0 Å². The van der Waals surface area contributed by atoms with Crippen LogP contribution in [0.4, 0.5) is 23.4 Å². The summed E-state index contributed by atoms with van der Waals surface area (Å²) < 4.78 is 59.6. The van der Waals surface area contributed by atoms with Crippen LogP contribution in [0.2, 0.25) is 0 Å². The molecule has 2 heterocycles. The second kappa shape index (κ2) is 9.15. The van der Waals surface area contributed by atoms with Crippen molar-refractivity contribution in [2.45, 2.75) is 32.5 Å². The number of guanidine groups is 1. The third-order valence-corrected chi connectivity index (χ3v) is 4.31. The van der Waals surface area contributed by atoms with Crippen LogP contribution in [0.25, 0.3) is 11.3 Å². The van der Waals surface area contributed by atoms with Crippen molar-refractivity contribution in [1.29, 1.82) is 0 Å². The lowest BCUT2D eigenvalue weighted by molar-refractivity contribution is -0.141. The zero-order valence-corrected chi connectivity index (χ0v) is 19.0. The highest BCUT2D eigenvalue weighted by atomic mass is 19.4. The molecule has 0 radical (unpaired) electrons. The van der Waals surface area contributed by atoms with Crippen molar-refractivity contribution in [2.75, 3.05) is 12.4 Å². The molecule has 2 aromatic heterocycles. The van der Waals surface area contributed by atoms with Crippen molar-refractivity contribution < 1.29 is 27.1 Å². The number of hydrogen-bond acceptors (Lipinski definition) is 5. The Morgan fingerprint density at radius 1 is 1.21 bits per heavy atom. The Labute approximate surface area is 192 Å². The van der Waals surface area contributed by atoms with Crippen LogP contribution in [0.5, 0.6) is 5.75 Å². The molecule has 3 N–H and O–H groups in total. The number of benzene rings is 1. The fraction of sp³-hybridized carbons (Fsp3) is 0.333. The minimum atomic E-state index is -4.81. The first-order valence-corrected chi connectivity index (χ1v) is 9.95. The lowest BCUT2D eigenvalue weighted by Gasteiger charge is -2.17. The van der Waals surface area contributed by atoms with Gasteiger partial charge in [-0.3, -0.25) is 19.9 Å². The summed E-state index contributed by atoms with van der Waals surface area (Å²) in [5.74, 6) is -1.48. The molecule has 0 unspecified atom stereocenters. The molecular weight excluding hydrogens is 458 g/mol. The van der Waals surface area contributed by atoms with Gasteiger partial charge in [-0.1, -0.05) is 0 Å². The molecule has 0 aliphatic carbocycles. The van der Waals surface area contributed by atoms with E-state index in [9.17, 15) is 22.4 Å². The normalized spacial score (nSPS) is 12.6. The summed E-state index contributed by atoms with van der Waals surface area (Å²) in [5.41, 5.74) is -1.75. The molecule has 3 aromatic rings. The van der Waals surface area contributed by atoms with Crippen molar-refractivity contribution in [2.24, 2.45) is 12.0 Å². The Morgan fingerprint density at radius 3 is 2.50 bits per heavy atom. The number of H-pyrrole nitrogens is 1. The van der Waals surface area contributed by atoms with Crippen LogP contribution < -0.4 is 15.4 Å². The zero-order valence-electron chi connectivity index (χ0n) is 19.0. The molecule has 1 amide bonds. The number of anilines is 1. The highest BCUT2D eigenvalue weighted by Crippen LogP contribution is 2.30. The number of amides is 1. The largest absolute Gasteiger partial charge is 0.494 e. The van der Waals surface area contributed by atoms with Crippen LogP contribution in [0, 0.1) is 5.82 Å². The van der Waals surface area contributed by atoms with Crippen LogP contribution >= 0.6 is 0 Å². The first-order chi connectivity index (χ1) is 15.8. The number of halogens is 4. The fourth-order valence-corrected chi connectivity index (χ4v) is 2.95. The van der Waals surface area contributed by atoms with Gasteiger partial charge in [0.2, 0.25) is 5.96 Å². The molecule has 1 aromatic carbocycles. The van der Waals surface area contributed by atoms with E-state index in [1.807, 2.05) is 0 Å². The van der Waals surface area contributed by atoms with Gasteiger partial charge in [-0.25, -0.2) is 9.38 Å². The van der Waals surface area contributed by atoms with Crippen LogP contribution in [-0.2, 0) is 13.2 Å². The van der Waals surface area contributed by atoms with E-state index in [-0.39, 0.29) is 17.5 Å². The Balaban J connectivity index is 1.86. The lowest BCUT2D eigenvalue weighted by atomic mass is 10.1. The monoisotopic (exact) mass is 481 g/mol. The average molecular weight is 481 g/mol. The number of carbonyl (C=O) groups excluding carboxylic acids is 1. The van der Waals surface area contributed by atoms with Gasteiger partial charge in [-0.2, -0.15) is 23.4 Å². The molecule has 0 aliphatic rings. The van der Waals surface area contributed by atoms with E-state index in [4.69, 9.17) is 4.74 Å². The minimum Gasteiger partial charge on any atom is -0.494 e. The number of nitrogens with one attached hydrogen (secondary N) is 3. The Hall–Kier alpha value is -3.90. The highest BCUT2D eigenvalue weighted by molar-refractivity contribution is 6.10. The van der Waals surface area contributed by atoms with Crippen LogP contribution in [-0.4, -0.2) is 44.5 Å². The molecule has 0 aliphatic heterocycles. The van der Waals surface area contributed by atoms with Crippen molar-refractivity contribution in [1.82, 2.24) is 25.3 Å². The molecule has 0 atom stereocenters. The molecule has 182 valence electrons. The number of aliphatic imine (C=N–C) groups is 1. The Bertz CT molecular complexity index is 1220. The van der Waals surface area contributed by atoms with E-state index in [0.717, 1.165) is 10.9 Å². The standard InChI is InChI=1S/C21H23F4N7O2/c1-20(2,3)28-19(27-18(33)12-10-32(4)31-17(12)21(23,24)25)26-16-9-14(29-30-16)11-6-7-15(34-5)13(22)8-11/h6-10H,1-5H3,(H3,26,27,28,29,30,33). The molecule has 34 heavy (non-hydrogen) atoms. The maximum atomic E-state index is 14.0. The van der Waals surface area contributed by atoms with Gasteiger partial charge in [0, 0.05) is 24.9 Å². The van der Waals surface area contributed by atoms with Crippen molar-refractivity contribution in [3.8, 4) is 17.0 Å². The number of nitrogens with zero attached hydrogens (tertiary/aromatic N) is 4. The van der Waals surface area contributed by atoms with Crippen molar-refractivity contribution in [3.05, 3.63) is 47.5 Å². The molecule has 0 fully saturated rings. The Morgan fingerprint density at radius 2 is 1.91 bits per heavy atom. The second-order valence-corrected chi connectivity index (χ2v) is 8.29. The number of carbonyl (C=O) groups is 1. The maximum Gasteiger partial charge on any atom is 0.435 e. The van der Waals surface area contributed by atoms with E-state index in [1.54, 1.807) is 26.8 Å². The number of aromatic amines is 1. The summed E-state index contributed by atoms with van der Waals surface area (Å²) in [6.07, 6.45) is -3.84. The number of ether oxygens (including phenoxy) is 1. The first-order valence-electron chi connectivity index (χ1n) is 9.95. The third kappa shape index (κ3) is 5.91. The summed E-state index contributed by atoms with van der Waals surface area (Å²) in [6, 6.07) is 5.85. The third-order valence-electron chi connectivity index (χ3n) is 4.31. The van der Waals surface area contributed by atoms with Gasteiger partial charge in [0.15, 0.2) is 23.1 Å². The van der Waals surface area contributed by atoms with E-state index in [1.165, 1.54) is 32.4 Å². The SMILES string of the molecule is COc1ccc(-c2cc(NC(=NC(C)(C)C)NC(=O)c3cn(C)nc3C(F)(F)F)n[nH]2)cc1F. The predicted molar refractivity (Wildman–Crippen MR) is 117 cm³/mol. The molecular formula is C21H23F4N7O2. The second-order valence-electron chi connectivity index (χ2n) is 8.29. The van der Waals surface area contributed by atoms with E-state index >= 15 is 0 Å². The first kappa shape index (κ1) is 24.7. The quantitative estimate of drug-likeness (QED) is 0.297. The lowest BCUT2D eigenvalue weighted by Crippen LogP contribution is -2.38. The Kier molecular flexibility index (Phi) is 6.66. The van der Waals surface area contributed by atoms with Gasteiger partial charge < -0.3 is 10.1 Å². The summed E-state index contributed by atoms with van der Waals surface area (Å²) in [7, 11) is 2.63. The van der Waals surface area contributed by atoms with E-state index in [0.29, 0.717) is 11.3 Å². The molecule has 0 bridgehead atoms. The van der Waals surface area contributed by atoms with Crippen molar-refractivity contribution >= 4 is 17.7 Å². The average Bonchev–Trinajstić information content (AvgIpc) is 3.33. The molecule has 0 saturated heterocycles. The summed E-state index contributed by atoms with van der Waals surface area (Å²) in [4.78, 5) is 17.0. The summed E-state index contributed by atoms with van der Waals surface area (Å²) in [6.45, 7) is 5.21. The van der Waals surface area contributed by atoms with E-state index < -0.39 is 34.7 Å². The van der Waals surface area contributed by atoms with Gasteiger partial charge in [-0.05, 0) is 39.0 Å². The van der Waals surface area contributed by atoms with Gasteiger partial charge in [0.25, 0.3) is 5.91 Å². The zero-order chi connectivity index (χ0) is 25.3. The molecule has 9 nitrogen and oxygen atoms in total. The van der Waals surface area contributed by atoms with Crippen molar-refractivity contribution in [3.63, 3.8) is 0 Å². The fourth-order valence-electron chi connectivity index (χ4n) is 2.95. The summed E-state index contributed by atoms with van der Waals surface area (Å²) in [5, 5.41) is 15.2. The van der Waals surface area contributed by atoms with Crippen LogP contribution in [0.15, 0.2) is 35.5 Å². The minimum absolute atomic E-state index is 0.0811. The molecule has 0 spiro atoms. The van der Waals surface area contributed by atoms with Gasteiger partial charge in [0.05, 0.1) is 23.9 Å². The molecule has 13 heteroatoms. The number of hydrogen-bond donors (Lipinski definition) is 3. The maximum absolute atomic E-state index is 14.0. The topological polar surface area (TPSA) is 109 Å². The number of rotatable bonds is 4. The highest BCUT2D eigenvalue weighted by Gasteiger charge is 2.39. The van der Waals surface area contributed by atoms with Gasteiger partial charge >= 0.3 is 6.18 Å².